The van der Waals surface area contributed by atoms with Crippen molar-refractivity contribution >= 4 is 17.6 Å². The maximum absolute atomic E-state index is 14.6. The molecule has 42 heavy (non-hydrogen) atoms. The number of methoxy groups -OCH3 is 1. The van der Waals surface area contributed by atoms with Gasteiger partial charge < -0.3 is 20.3 Å². The van der Waals surface area contributed by atoms with E-state index in [4.69, 9.17) is 9.37 Å². The number of hydrogen-bond acceptors (Lipinski definition) is 8. The Kier molecular flexibility index (Phi) is 7.62. The Morgan fingerprint density at radius 3 is 2.69 bits per heavy atom. The molecule has 1 aliphatic heterocycles. The van der Waals surface area contributed by atoms with Crippen LogP contribution in [0.15, 0.2) is 23.1 Å². The molecule has 2 N–H and O–H groups in total. The molecule has 0 spiro atoms. The maximum Gasteiger partial charge on any atom is 0.318 e. The summed E-state index contributed by atoms with van der Waals surface area (Å²) in [5.41, 5.74) is -0.291. The summed E-state index contributed by atoms with van der Waals surface area (Å²) >= 11 is 0. The molecule has 0 bridgehead atoms. The standard InChI is InChI=1S/C26H32F4N8O4/c1-24(2,25(3,27)28)8-16(34-22(39)21-20(14-5-6-14)35-42-36-21)17-10-38-19(33-17)7-15(9-32-38)18(11-41-4)37-13-26(29,30)12-31-23(37)40/h7,9-10,14,16,18H,5-6,8,11-13H2,1-4H3,(H,31,40)(H,34,39)/t16-,18+/m0/s1. The highest BCUT2D eigenvalue weighted by Gasteiger charge is 2.45. The van der Waals surface area contributed by atoms with Crippen LogP contribution in [0.1, 0.15) is 85.5 Å². The number of imidazole rings is 1. The third-order valence-electron chi connectivity index (χ3n) is 7.86. The summed E-state index contributed by atoms with van der Waals surface area (Å²) in [6, 6.07) is -1.03. The van der Waals surface area contributed by atoms with Crippen molar-refractivity contribution in [2.75, 3.05) is 26.8 Å². The molecule has 4 heterocycles. The number of nitrogens with one attached hydrogen (secondary N) is 2. The zero-order chi connectivity index (χ0) is 30.4. The van der Waals surface area contributed by atoms with E-state index in [1.165, 1.54) is 37.9 Å². The number of urea groups is 1. The number of rotatable bonds is 11. The third kappa shape index (κ3) is 6.03. The number of ether oxygens (including phenoxy) is 1. The van der Waals surface area contributed by atoms with Crippen molar-refractivity contribution < 1.29 is 36.5 Å². The molecule has 0 unspecified atom stereocenters. The average molecular weight is 597 g/mol. The Balaban J connectivity index is 1.47. The van der Waals surface area contributed by atoms with Crippen molar-refractivity contribution in [2.24, 2.45) is 5.41 Å². The van der Waals surface area contributed by atoms with Crippen LogP contribution in [-0.2, 0) is 4.74 Å². The number of carbonyl (C=O) groups is 2. The van der Waals surface area contributed by atoms with Crippen molar-refractivity contribution in [2.45, 2.75) is 69.9 Å². The molecule has 228 valence electrons. The highest BCUT2D eigenvalue weighted by atomic mass is 19.3. The minimum absolute atomic E-state index is 0.00763. The van der Waals surface area contributed by atoms with Crippen LogP contribution in [0.25, 0.3) is 5.65 Å². The van der Waals surface area contributed by atoms with Crippen molar-refractivity contribution in [3.8, 4) is 0 Å². The molecular weight excluding hydrogens is 564 g/mol. The van der Waals surface area contributed by atoms with E-state index in [0.29, 0.717) is 11.3 Å². The van der Waals surface area contributed by atoms with Crippen LogP contribution in [0, 0.1) is 5.41 Å². The predicted molar refractivity (Wildman–Crippen MR) is 138 cm³/mol. The quantitative estimate of drug-likeness (QED) is 0.318. The molecule has 3 amide bonds. The lowest BCUT2D eigenvalue weighted by Crippen LogP contribution is -2.58. The lowest BCUT2D eigenvalue weighted by atomic mass is 9.79. The first kappa shape index (κ1) is 29.7. The first-order chi connectivity index (χ1) is 19.7. The fourth-order valence-corrected chi connectivity index (χ4v) is 4.84. The molecule has 16 heteroatoms. The zero-order valence-corrected chi connectivity index (χ0v) is 23.5. The number of alkyl halides is 4. The van der Waals surface area contributed by atoms with Gasteiger partial charge >= 0.3 is 6.03 Å². The molecule has 0 aromatic carbocycles. The van der Waals surface area contributed by atoms with E-state index in [0.717, 1.165) is 24.7 Å². The van der Waals surface area contributed by atoms with Gasteiger partial charge in [-0.15, -0.1) is 0 Å². The molecule has 3 aromatic rings. The summed E-state index contributed by atoms with van der Waals surface area (Å²) in [6.07, 6.45) is 4.37. The van der Waals surface area contributed by atoms with Crippen molar-refractivity contribution in [1.29, 1.82) is 0 Å². The van der Waals surface area contributed by atoms with Crippen molar-refractivity contribution in [3.63, 3.8) is 0 Å². The van der Waals surface area contributed by atoms with E-state index in [2.05, 4.69) is 31.0 Å². The van der Waals surface area contributed by atoms with Crippen LogP contribution in [0.4, 0.5) is 22.4 Å². The number of carbonyl (C=O) groups excluding carboxylic acids is 2. The Bertz CT molecular complexity index is 1470. The average Bonchev–Trinajstić information content (AvgIpc) is 3.46. The summed E-state index contributed by atoms with van der Waals surface area (Å²) in [7, 11) is 1.38. The van der Waals surface area contributed by atoms with Crippen LogP contribution in [0.3, 0.4) is 0 Å². The number of halogens is 4. The fourth-order valence-electron chi connectivity index (χ4n) is 4.84. The van der Waals surface area contributed by atoms with Gasteiger partial charge in [0.05, 0.1) is 49.9 Å². The SMILES string of the molecule is COC[C@H](c1cnn2cc([C@H](CC(C)(C)C(C)(F)F)NC(=O)c3nonc3C3CC3)nc2c1)N1CC(F)(F)CNC1=O. The van der Waals surface area contributed by atoms with Gasteiger partial charge in [-0.25, -0.2) is 36.5 Å². The Labute approximate surface area is 238 Å². The lowest BCUT2D eigenvalue weighted by Gasteiger charge is -2.38. The second-order valence-corrected chi connectivity index (χ2v) is 11.6. The first-order valence-corrected chi connectivity index (χ1v) is 13.5. The van der Waals surface area contributed by atoms with Crippen LogP contribution in [0.5, 0.6) is 0 Å². The predicted octanol–water partition coefficient (Wildman–Crippen LogP) is 3.88. The number of fused-ring (bicyclic) bond motifs is 1. The van der Waals surface area contributed by atoms with Gasteiger partial charge in [-0.05, 0) is 37.4 Å². The molecule has 3 aromatic heterocycles. The van der Waals surface area contributed by atoms with E-state index in [-0.39, 0.29) is 36.0 Å². The molecular formula is C26H32F4N8O4. The monoisotopic (exact) mass is 596 g/mol. The number of hydrogen-bond donors (Lipinski definition) is 2. The Morgan fingerprint density at radius 1 is 1.29 bits per heavy atom. The molecule has 1 saturated heterocycles. The number of amides is 3. The van der Waals surface area contributed by atoms with Crippen LogP contribution in [0.2, 0.25) is 0 Å². The first-order valence-electron chi connectivity index (χ1n) is 13.5. The van der Waals surface area contributed by atoms with Crippen LogP contribution < -0.4 is 10.6 Å². The molecule has 12 nitrogen and oxygen atoms in total. The Morgan fingerprint density at radius 2 is 2.02 bits per heavy atom. The summed E-state index contributed by atoms with van der Waals surface area (Å²) in [6.45, 7) is 1.91. The summed E-state index contributed by atoms with van der Waals surface area (Å²) in [5, 5.41) is 16.8. The number of nitrogens with zero attached hydrogens (tertiary/aromatic N) is 6. The van der Waals surface area contributed by atoms with E-state index in [1.807, 2.05) is 0 Å². The van der Waals surface area contributed by atoms with E-state index < -0.39 is 54.4 Å². The van der Waals surface area contributed by atoms with Gasteiger partial charge in [0.25, 0.3) is 11.8 Å². The summed E-state index contributed by atoms with van der Waals surface area (Å²) < 4.78 is 68.8. The smallest absolute Gasteiger partial charge is 0.318 e. The minimum Gasteiger partial charge on any atom is -0.382 e. The van der Waals surface area contributed by atoms with Gasteiger partial charge in [-0.1, -0.05) is 19.0 Å². The van der Waals surface area contributed by atoms with Crippen molar-refractivity contribution in [1.82, 2.24) is 40.4 Å². The Hall–Kier alpha value is -3.82. The van der Waals surface area contributed by atoms with E-state index in [9.17, 15) is 27.2 Å². The van der Waals surface area contributed by atoms with E-state index in [1.54, 1.807) is 6.07 Å². The largest absolute Gasteiger partial charge is 0.382 e. The third-order valence-corrected chi connectivity index (χ3v) is 7.86. The molecule has 2 aliphatic rings. The molecule has 2 fully saturated rings. The van der Waals surface area contributed by atoms with Gasteiger partial charge in [0, 0.05) is 24.0 Å². The lowest BCUT2D eigenvalue weighted by molar-refractivity contribution is -0.0959. The second-order valence-electron chi connectivity index (χ2n) is 11.6. The summed E-state index contributed by atoms with van der Waals surface area (Å²) in [4.78, 5) is 31.2. The minimum atomic E-state index is -3.14. The second kappa shape index (κ2) is 10.8. The normalized spacial score (nSPS) is 19.0. The topological polar surface area (TPSA) is 140 Å². The fraction of sp³-hybridized carbons (Fsp3) is 0.615. The van der Waals surface area contributed by atoms with Crippen molar-refractivity contribution in [3.05, 3.63) is 41.1 Å². The highest BCUT2D eigenvalue weighted by molar-refractivity contribution is 5.93. The highest BCUT2D eigenvalue weighted by Crippen LogP contribution is 2.43. The number of aromatic nitrogens is 5. The van der Waals surface area contributed by atoms with Gasteiger partial charge in [0.15, 0.2) is 11.3 Å². The van der Waals surface area contributed by atoms with E-state index >= 15 is 0 Å². The molecule has 1 saturated carbocycles. The van der Waals surface area contributed by atoms with Gasteiger partial charge in [-0.3, -0.25) is 4.79 Å². The van der Waals surface area contributed by atoms with Gasteiger partial charge in [0.1, 0.15) is 5.69 Å². The maximum atomic E-state index is 14.6. The molecule has 0 radical (unpaired) electrons. The summed E-state index contributed by atoms with van der Waals surface area (Å²) in [5.74, 6) is -6.82. The molecule has 2 atom stereocenters. The van der Waals surface area contributed by atoms with Crippen LogP contribution in [-0.4, -0.2) is 80.4 Å². The van der Waals surface area contributed by atoms with Gasteiger partial charge in [-0.2, -0.15) is 5.10 Å². The van der Waals surface area contributed by atoms with Gasteiger partial charge in [0.2, 0.25) is 5.92 Å². The molecule has 1 aliphatic carbocycles. The van der Waals surface area contributed by atoms with Crippen LogP contribution >= 0.6 is 0 Å². The zero-order valence-electron chi connectivity index (χ0n) is 23.5. The molecule has 5 rings (SSSR count).